The molecule has 0 bridgehead atoms. The van der Waals surface area contributed by atoms with Crippen LogP contribution < -0.4 is 0 Å². The second-order valence-electron chi connectivity index (χ2n) is 2.63. The van der Waals surface area contributed by atoms with E-state index in [4.69, 9.17) is 0 Å². The number of nitrogens with zero attached hydrogens (tertiary/aromatic N) is 2. The zero-order chi connectivity index (χ0) is 10.5. The summed E-state index contributed by atoms with van der Waals surface area (Å²) in [4.78, 5) is 8.54. The van der Waals surface area contributed by atoms with Crippen molar-refractivity contribution in [1.29, 1.82) is 0 Å². The number of rotatable bonds is 3. The van der Waals surface area contributed by atoms with Gasteiger partial charge in [0.2, 0.25) is 0 Å². The smallest absolute Gasteiger partial charge is 0.108 e. The molecule has 2 heterocycles. The zero-order valence-electron chi connectivity index (χ0n) is 7.63. The van der Waals surface area contributed by atoms with E-state index in [0.717, 1.165) is 14.7 Å². The first-order chi connectivity index (χ1) is 7.34. The predicted octanol–water partition coefficient (Wildman–Crippen LogP) is 4.04. The van der Waals surface area contributed by atoms with Crippen LogP contribution in [-0.4, -0.2) is 9.97 Å². The zero-order valence-corrected chi connectivity index (χ0v) is 10.8. The van der Waals surface area contributed by atoms with Crippen molar-refractivity contribution in [3.05, 3.63) is 47.2 Å². The molecule has 2 aromatic rings. The fraction of sp³-hybridized carbons (Fsp3) is 0. The largest absolute Gasteiger partial charge is 0.249 e. The molecular formula is C10H7BrN2S2. The lowest BCUT2D eigenvalue weighted by Gasteiger charge is -1.99. The number of pyridine rings is 2. The molecule has 0 aliphatic rings. The third-order valence-corrected chi connectivity index (χ3v) is 4.15. The van der Waals surface area contributed by atoms with Crippen LogP contribution in [0, 0.1) is 0 Å². The SMILES string of the molecule is Brc1cccc(SSc2ccccn2)n1. The van der Waals surface area contributed by atoms with Gasteiger partial charge in [0.15, 0.2) is 0 Å². The van der Waals surface area contributed by atoms with Crippen molar-refractivity contribution in [1.82, 2.24) is 9.97 Å². The molecule has 0 N–H and O–H groups in total. The summed E-state index contributed by atoms with van der Waals surface area (Å²) < 4.78 is 0.856. The first-order valence-corrected chi connectivity index (χ1v) is 7.17. The number of hydrogen-bond acceptors (Lipinski definition) is 4. The molecule has 0 fully saturated rings. The topological polar surface area (TPSA) is 25.8 Å². The van der Waals surface area contributed by atoms with Crippen LogP contribution in [0.3, 0.4) is 0 Å². The van der Waals surface area contributed by atoms with Crippen molar-refractivity contribution in [2.45, 2.75) is 10.1 Å². The van der Waals surface area contributed by atoms with Gasteiger partial charge >= 0.3 is 0 Å². The van der Waals surface area contributed by atoms with Gasteiger partial charge in [-0.05, 0) is 61.8 Å². The van der Waals surface area contributed by atoms with Crippen molar-refractivity contribution >= 4 is 37.5 Å². The van der Waals surface area contributed by atoms with Crippen LogP contribution in [0.25, 0.3) is 0 Å². The van der Waals surface area contributed by atoms with Gasteiger partial charge in [-0.25, -0.2) is 9.97 Å². The Hall–Kier alpha value is -0.520. The molecule has 76 valence electrons. The third kappa shape index (κ3) is 3.52. The Balaban J connectivity index is 1.99. The molecule has 0 aliphatic carbocycles. The maximum absolute atomic E-state index is 4.32. The number of aromatic nitrogens is 2. The molecule has 15 heavy (non-hydrogen) atoms. The molecule has 5 heteroatoms. The Kier molecular flexibility index (Phi) is 4.05. The van der Waals surface area contributed by atoms with Crippen molar-refractivity contribution in [2.24, 2.45) is 0 Å². The summed E-state index contributed by atoms with van der Waals surface area (Å²) in [6, 6.07) is 11.7. The Bertz CT molecular complexity index is 436. The van der Waals surface area contributed by atoms with Crippen LogP contribution in [0.4, 0.5) is 0 Å². The van der Waals surface area contributed by atoms with Crippen molar-refractivity contribution in [3.63, 3.8) is 0 Å². The van der Waals surface area contributed by atoms with Crippen molar-refractivity contribution in [2.75, 3.05) is 0 Å². The van der Waals surface area contributed by atoms with Gasteiger partial charge in [0.1, 0.15) is 14.7 Å². The van der Waals surface area contributed by atoms with Crippen LogP contribution in [0.5, 0.6) is 0 Å². The molecule has 0 aliphatic heterocycles. The normalized spacial score (nSPS) is 10.2. The third-order valence-electron chi connectivity index (χ3n) is 1.54. The van der Waals surface area contributed by atoms with Crippen LogP contribution in [0.15, 0.2) is 57.3 Å². The highest BCUT2D eigenvalue weighted by Gasteiger charge is 1.99. The fourth-order valence-electron chi connectivity index (χ4n) is 0.918. The summed E-state index contributed by atoms with van der Waals surface area (Å²) in [5.41, 5.74) is 0. The maximum atomic E-state index is 4.32. The molecule has 0 amide bonds. The van der Waals surface area contributed by atoms with E-state index in [2.05, 4.69) is 25.9 Å². The standard InChI is InChI=1S/C10H7BrN2S2/c11-8-4-3-6-10(13-8)15-14-9-5-1-2-7-12-9/h1-7H. The Morgan fingerprint density at radius 1 is 0.933 bits per heavy atom. The number of halogens is 1. The van der Waals surface area contributed by atoms with E-state index in [0.29, 0.717) is 0 Å². The first-order valence-electron chi connectivity index (χ1n) is 4.23. The Morgan fingerprint density at radius 3 is 2.47 bits per heavy atom. The van der Waals surface area contributed by atoms with E-state index >= 15 is 0 Å². The van der Waals surface area contributed by atoms with Crippen molar-refractivity contribution in [3.8, 4) is 0 Å². The minimum atomic E-state index is 0.856. The van der Waals surface area contributed by atoms with E-state index in [-0.39, 0.29) is 0 Å². The minimum Gasteiger partial charge on any atom is -0.249 e. The molecule has 0 aromatic carbocycles. The molecule has 2 aromatic heterocycles. The van der Waals surface area contributed by atoms with E-state index in [1.54, 1.807) is 27.8 Å². The second-order valence-corrected chi connectivity index (χ2v) is 5.62. The average Bonchev–Trinajstić information content (AvgIpc) is 2.28. The summed E-state index contributed by atoms with van der Waals surface area (Å²) in [5, 5.41) is 1.96. The number of hydrogen-bond donors (Lipinski definition) is 0. The van der Waals surface area contributed by atoms with Crippen LogP contribution in [-0.2, 0) is 0 Å². The van der Waals surface area contributed by atoms with Crippen LogP contribution in [0.2, 0.25) is 0 Å². The van der Waals surface area contributed by atoms with Crippen molar-refractivity contribution < 1.29 is 0 Å². The highest BCUT2D eigenvalue weighted by molar-refractivity contribution is 9.10. The van der Waals surface area contributed by atoms with E-state index in [1.807, 2.05) is 36.4 Å². The van der Waals surface area contributed by atoms with Crippen LogP contribution in [0.1, 0.15) is 0 Å². The Labute approximate surface area is 104 Å². The molecule has 0 spiro atoms. The molecule has 2 rings (SSSR count). The molecular weight excluding hydrogens is 292 g/mol. The highest BCUT2D eigenvalue weighted by atomic mass is 79.9. The fourth-order valence-corrected chi connectivity index (χ4v) is 3.14. The summed E-state index contributed by atoms with van der Waals surface area (Å²) in [6.45, 7) is 0. The van der Waals surface area contributed by atoms with E-state index in [1.165, 1.54) is 0 Å². The molecule has 0 saturated heterocycles. The molecule has 0 radical (unpaired) electrons. The summed E-state index contributed by atoms with van der Waals surface area (Å²) in [6.07, 6.45) is 1.79. The van der Waals surface area contributed by atoms with Gasteiger partial charge in [-0.2, -0.15) is 0 Å². The summed E-state index contributed by atoms with van der Waals surface area (Å²) in [5.74, 6) is 0. The lowest BCUT2D eigenvalue weighted by Crippen LogP contribution is -1.78. The quantitative estimate of drug-likeness (QED) is 0.631. The van der Waals surface area contributed by atoms with Gasteiger partial charge in [0.25, 0.3) is 0 Å². The van der Waals surface area contributed by atoms with Gasteiger partial charge in [-0.1, -0.05) is 12.1 Å². The van der Waals surface area contributed by atoms with E-state index in [9.17, 15) is 0 Å². The van der Waals surface area contributed by atoms with Crippen LogP contribution >= 0.6 is 37.5 Å². The maximum Gasteiger partial charge on any atom is 0.108 e. The van der Waals surface area contributed by atoms with Gasteiger partial charge in [0.05, 0.1) is 0 Å². The van der Waals surface area contributed by atoms with Gasteiger partial charge in [0, 0.05) is 6.20 Å². The first kappa shape index (κ1) is 11.0. The lowest BCUT2D eigenvalue weighted by molar-refractivity contribution is 1.11. The molecule has 0 saturated carbocycles. The summed E-state index contributed by atoms with van der Waals surface area (Å²) >= 11 is 3.34. The minimum absolute atomic E-state index is 0.856. The average molecular weight is 299 g/mol. The van der Waals surface area contributed by atoms with Gasteiger partial charge in [-0.3, -0.25) is 0 Å². The van der Waals surface area contributed by atoms with E-state index < -0.39 is 0 Å². The van der Waals surface area contributed by atoms with Gasteiger partial charge in [-0.15, -0.1) is 0 Å². The molecule has 0 atom stereocenters. The Morgan fingerprint density at radius 2 is 1.73 bits per heavy atom. The highest BCUT2D eigenvalue weighted by Crippen LogP contribution is 2.35. The lowest BCUT2D eigenvalue weighted by atomic mass is 10.5. The second kappa shape index (κ2) is 5.53. The summed E-state index contributed by atoms with van der Waals surface area (Å²) in [7, 11) is 3.21. The predicted molar refractivity (Wildman–Crippen MR) is 67.9 cm³/mol. The molecule has 2 nitrogen and oxygen atoms in total. The monoisotopic (exact) mass is 298 g/mol. The van der Waals surface area contributed by atoms with Gasteiger partial charge < -0.3 is 0 Å². The molecule has 0 unspecified atom stereocenters.